The van der Waals surface area contributed by atoms with Crippen molar-refractivity contribution in [3.63, 3.8) is 0 Å². The molecule has 1 aromatic heterocycles. The summed E-state index contributed by atoms with van der Waals surface area (Å²) in [6, 6.07) is 3.62. The standard InChI is InChI=1S/C9H9ClOS/c1-3-9(11,7(2)10)8-5-4-6-12-8/h1,4-7,11H,2H3. The molecule has 0 saturated heterocycles. The molecule has 1 aromatic rings. The van der Waals surface area contributed by atoms with Gasteiger partial charge in [0.1, 0.15) is 0 Å². The van der Waals surface area contributed by atoms with Crippen LogP contribution in [0, 0.1) is 12.3 Å². The molecule has 0 bridgehead atoms. The lowest BCUT2D eigenvalue weighted by atomic mass is 10.00. The van der Waals surface area contributed by atoms with Crippen LogP contribution < -0.4 is 0 Å². The second-order valence-corrected chi connectivity index (χ2v) is 4.11. The summed E-state index contributed by atoms with van der Waals surface area (Å²) < 4.78 is 0. The smallest absolute Gasteiger partial charge is 0.175 e. The van der Waals surface area contributed by atoms with Gasteiger partial charge in [-0.1, -0.05) is 12.0 Å². The van der Waals surface area contributed by atoms with Crippen LogP contribution in [0.3, 0.4) is 0 Å². The molecule has 1 rings (SSSR count). The lowest BCUT2D eigenvalue weighted by molar-refractivity contribution is 0.104. The van der Waals surface area contributed by atoms with E-state index in [1.54, 1.807) is 13.0 Å². The second-order valence-electron chi connectivity index (χ2n) is 2.50. The number of terminal acetylenes is 1. The normalized spacial score (nSPS) is 17.8. The van der Waals surface area contributed by atoms with Crippen molar-refractivity contribution in [2.45, 2.75) is 17.9 Å². The molecule has 64 valence electrons. The van der Waals surface area contributed by atoms with Crippen LogP contribution >= 0.6 is 22.9 Å². The minimum atomic E-state index is -1.32. The van der Waals surface area contributed by atoms with E-state index in [2.05, 4.69) is 5.92 Å². The molecule has 0 aromatic carbocycles. The Balaban J connectivity index is 3.06. The molecule has 0 amide bonds. The minimum absolute atomic E-state index is 0.485. The maximum atomic E-state index is 9.90. The Morgan fingerprint density at radius 3 is 2.83 bits per heavy atom. The fourth-order valence-electron chi connectivity index (χ4n) is 0.877. The summed E-state index contributed by atoms with van der Waals surface area (Å²) in [5, 5.41) is 11.3. The third-order valence-electron chi connectivity index (χ3n) is 1.69. The van der Waals surface area contributed by atoms with Crippen LogP contribution in [-0.2, 0) is 5.60 Å². The number of hydrogen-bond acceptors (Lipinski definition) is 2. The van der Waals surface area contributed by atoms with Crippen molar-refractivity contribution in [3.8, 4) is 12.3 Å². The molecule has 1 heterocycles. The molecule has 0 spiro atoms. The summed E-state index contributed by atoms with van der Waals surface area (Å²) in [4.78, 5) is 0.715. The average molecular weight is 201 g/mol. The molecule has 1 nitrogen and oxygen atoms in total. The van der Waals surface area contributed by atoms with Crippen LogP contribution in [-0.4, -0.2) is 10.5 Å². The van der Waals surface area contributed by atoms with E-state index in [1.165, 1.54) is 11.3 Å². The van der Waals surface area contributed by atoms with E-state index in [9.17, 15) is 5.11 Å². The number of aliphatic hydroxyl groups is 1. The van der Waals surface area contributed by atoms with Gasteiger partial charge in [0, 0.05) is 4.88 Å². The average Bonchev–Trinajstić information content (AvgIpc) is 2.54. The van der Waals surface area contributed by atoms with Gasteiger partial charge in [-0.05, 0) is 18.4 Å². The van der Waals surface area contributed by atoms with Gasteiger partial charge in [0.15, 0.2) is 5.60 Å². The van der Waals surface area contributed by atoms with E-state index in [0.717, 1.165) is 0 Å². The molecule has 0 fully saturated rings. The highest BCUT2D eigenvalue weighted by atomic mass is 35.5. The predicted octanol–water partition coefficient (Wildman–Crippen LogP) is 2.20. The van der Waals surface area contributed by atoms with Gasteiger partial charge in [0.2, 0.25) is 0 Å². The SMILES string of the molecule is C#CC(O)(c1cccs1)C(C)Cl. The van der Waals surface area contributed by atoms with Gasteiger partial charge in [-0.25, -0.2) is 0 Å². The van der Waals surface area contributed by atoms with E-state index in [1.807, 2.05) is 11.4 Å². The van der Waals surface area contributed by atoms with Crippen LogP contribution in [0.4, 0.5) is 0 Å². The highest BCUT2D eigenvalue weighted by Gasteiger charge is 2.33. The van der Waals surface area contributed by atoms with Crippen molar-refractivity contribution >= 4 is 22.9 Å². The van der Waals surface area contributed by atoms with Crippen molar-refractivity contribution in [3.05, 3.63) is 22.4 Å². The summed E-state index contributed by atoms with van der Waals surface area (Å²) in [5.41, 5.74) is -1.32. The summed E-state index contributed by atoms with van der Waals surface area (Å²) in [6.07, 6.45) is 5.22. The van der Waals surface area contributed by atoms with Crippen molar-refractivity contribution in [2.24, 2.45) is 0 Å². The van der Waals surface area contributed by atoms with Crippen LogP contribution in [0.15, 0.2) is 17.5 Å². The van der Waals surface area contributed by atoms with Crippen molar-refractivity contribution in [1.29, 1.82) is 0 Å². The second kappa shape index (κ2) is 3.49. The van der Waals surface area contributed by atoms with Gasteiger partial charge < -0.3 is 5.11 Å². The quantitative estimate of drug-likeness (QED) is 0.573. The van der Waals surface area contributed by atoms with Gasteiger partial charge in [-0.3, -0.25) is 0 Å². The molecule has 1 N–H and O–H groups in total. The van der Waals surface area contributed by atoms with Gasteiger partial charge >= 0.3 is 0 Å². The summed E-state index contributed by atoms with van der Waals surface area (Å²) >= 11 is 7.20. The van der Waals surface area contributed by atoms with E-state index in [4.69, 9.17) is 18.0 Å². The molecule has 0 aliphatic carbocycles. The maximum Gasteiger partial charge on any atom is 0.175 e. The van der Waals surface area contributed by atoms with Crippen LogP contribution in [0.1, 0.15) is 11.8 Å². The molecule has 2 unspecified atom stereocenters. The number of hydrogen-bond donors (Lipinski definition) is 1. The number of thiophene rings is 1. The lowest BCUT2D eigenvalue weighted by Crippen LogP contribution is -2.31. The Hall–Kier alpha value is -0.490. The Bertz CT molecular complexity index is 286. The van der Waals surface area contributed by atoms with Gasteiger partial charge in [-0.2, -0.15) is 0 Å². The monoisotopic (exact) mass is 200 g/mol. The van der Waals surface area contributed by atoms with Crippen LogP contribution in [0.2, 0.25) is 0 Å². The molecule has 0 saturated carbocycles. The Kier molecular flexibility index (Phi) is 2.79. The Morgan fingerprint density at radius 2 is 2.50 bits per heavy atom. The first kappa shape index (κ1) is 9.60. The molecule has 0 radical (unpaired) electrons. The van der Waals surface area contributed by atoms with Crippen molar-refractivity contribution in [1.82, 2.24) is 0 Å². The maximum absolute atomic E-state index is 9.90. The number of alkyl halides is 1. The zero-order chi connectivity index (χ0) is 9.19. The third kappa shape index (κ3) is 1.49. The summed E-state index contributed by atoms with van der Waals surface area (Å²) in [6.45, 7) is 1.68. The zero-order valence-corrected chi connectivity index (χ0v) is 8.19. The van der Waals surface area contributed by atoms with Gasteiger partial charge in [-0.15, -0.1) is 29.4 Å². The van der Waals surface area contributed by atoms with Crippen molar-refractivity contribution in [2.75, 3.05) is 0 Å². The lowest BCUT2D eigenvalue weighted by Gasteiger charge is -2.23. The highest BCUT2D eigenvalue weighted by molar-refractivity contribution is 7.10. The van der Waals surface area contributed by atoms with E-state index in [-0.39, 0.29) is 0 Å². The van der Waals surface area contributed by atoms with E-state index >= 15 is 0 Å². The first-order chi connectivity index (χ1) is 5.61. The van der Waals surface area contributed by atoms with Gasteiger partial charge in [0.25, 0.3) is 0 Å². The Morgan fingerprint density at radius 1 is 1.83 bits per heavy atom. The molecule has 3 heteroatoms. The Labute approximate surface area is 81.0 Å². The third-order valence-corrected chi connectivity index (χ3v) is 3.00. The minimum Gasteiger partial charge on any atom is -0.371 e. The number of halogens is 1. The largest absolute Gasteiger partial charge is 0.371 e. The first-order valence-corrected chi connectivity index (χ1v) is 4.81. The summed E-state index contributed by atoms with van der Waals surface area (Å²) in [7, 11) is 0. The van der Waals surface area contributed by atoms with E-state index in [0.29, 0.717) is 4.88 Å². The first-order valence-electron chi connectivity index (χ1n) is 3.49. The van der Waals surface area contributed by atoms with Crippen LogP contribution in [0.5, 0.6) is 0 Å². The van der Waals surface area contributed by atoms with Crippen LogP contribution in [0.25, 0.3) is 0 Å². The molecular formula is C9H9ClOS. The molecule has 2 atom stereocenters. The molecule has 0 aliphatic heterocycles. The predicted molar refractivity (Wildman–Crippen MR) is 52.4 cm³/mol. The fraction of sp³-hybridized carbons (Fsp3) is 0.333. The summed E-state index contributed by atoms with van der Waals surface area (Å²) in [5.74, 6) is 2.31. The molecule has 12 heavy (non-hydrogen) atoms. The topological polar surface area (TPSA) is 20.2 Å². The molecule has 0 aliphatic rings. The zero-order valence-electron chi connectivity index (χ0n) is 6.62. The van der Waals surface area contributed by atoms with Gasteiger partial charge in [0.05, 0.1) is 5.38 Å². The molecular weight excluding hydrogens is 192 g/mol. The fourth-order valence-corrected chi connectivity index (χ4v) is 2.00. The highest BCUT2D eigenvalue weighted by Crippen LogP contribution is 2.31. The van der Waals surface area contributed by atoms with Crippen molar-refractivity contribution < 1.29 is 5.11 Å². The number of rotatable bonds is 2. The van der Waals surface area contributed by atoms with E-state index < -0.39 is 11.0 Å².